The van der Waals surface area contributed by atoms with Gasteiger partial charge in [-0.3, -0.25) is 0 Å². The monoisotopic (exact) mass is 310 g/mol. The quantitative estimate of drug-likeness (QED) is 0.722. The van der Waals surface area contributed by atoms with Gasteiger partial charge in [0.25, 0.3) is 0 Å². The highest BCUT2D eigenvalue weighted by molar-refractivity contribution is 5.66. The topological polar surface area (TPSA) is 72.2 Å². The van der Waals surface area contributed by atoms with Gasteiger partial charge < -0.3 is 19.8 Å². The Bertz CT molecular complexity index is 772. The molecule has 0 radical (unpaired) electrons. The number of benzene rings is 1. The Balaban J connectivity index is 1.73. The summed E-state index contributed by atoms with van der Waals surface area (Å²) in [4.78, 5) is 8.45. The summed E-state index contributed by atoms with van der Waals surface area (Å²) in [6, 6.07) is 11.5. The predicted molar refractivity (Wildman–Crippen MR) is 89.1 cm³/mol. The smallest absolute Gasteiger partial charge is 0.142 e. The maximum atomic E-state index is 5.37. The van der Waals surface area contributed by atoms with Crippen molar-refractivity contribution in [2.24, 2.45) is 0 Å². The van der Waals surface area contributed by atoms with Gasteiger partial charge in [-0.2, -0.15) is 0 Å². The number of ether oxygens (including phenoxy) is 1. The van der Waals surface area contributed by atoms with E-state index in [1.165, 1.54) is 6.33 Å². The Morgan fingerprint density at radius 2 is 2.00 bits per heavy atom. The Hall–Kier alpha value is -3.02. The molecule has 6 heteroatoms. The van der Waals surface area contributed by atoms with Crippen LogP contribution in [0, 0.1) is 6.92 Å². The van der Waals surface area contributed by atoms with Crippen molar-refractivity contribution in [2.45, 2.75) is 13.5 Å². The van der Waals surface area contributed by atoms with Gasteiger partial charge in [0.1, 0.15) is 29.5 Å². The van der Waals surface area contributed by atoms with E-state index in [0.717, 1.165) is 22.8 Å². The molecule has 0 spiro atoms. The second-order valence-corrected chi connectivity index (χ2v) is 5.05. The summed E-state index contributed by atoms with van der Waals surface area (Å²) < 4.78 is 10.7. The van der Waals surface area contributed by atoms with Crippen LogP contribution in [0.5, 0.6) is 5.75 Å². The Morgan fingerprint density at radius 3 is 2.78 bits per heavy atom. The molecule has 0 unspecified atom stereocenters. The largest absolute Gasteiger partial charge is 0.495 e. The number of nitrogens with one attached hydrogen (secondary N) is 2. The average Bonchev–Trinajstić information content (AvgIpc) is 3.07. The predicted octanol–water partition coefficient (Wildman–Crippen LogP) is 3.74. The van der Waals surface area contributed by atoms with Crippen molar-refractivity contribution in [3.8, 4) is 5.75 Å². The third kappa shape index (κ3) is 3.79. The van der Waals surface area contributed by atoms with Crippen LogP contribution in [0.1, 0.15) is 11.3 Å². The number of hydrogen-bond donors (Lipinski definition) is 2. The molecule has 0 aliphatic carbocycles. The molecule has 0 fully saturated rings. The fourth-order valence-corrected chi connectivity index (χ4v) is 2.17. The molecule has 0 saturated heterocycles. The van der Waals surface area contributed by atoms with Gasteiger partial charge >= 0.3 is 0 Å². The molecule has 6 nitrogen and oxygen atoms in total. The average molecular weight is 310 g/mol. The van der Waals surface area contributed by atoms with Crippen LogP contribution in [0.3, 0.4) is 0 Å². The van der Waals surface area contributed by atoms with Crippen LogP contribution in [-0.2, 0) is 6.54 Å². The fourth-order valence-electron chi connectivity index (χ4n) is 2.17. The molecule has 3 rings (SSSR count). The van der Waals surface area contributed by atoms with Gasteiger partial charge in [0.05, 0.1) is 25.6 Å². The van der Waals surface area contributed by atoms with Crippen molar-refractivity contribution in [2.75, 3.05) is 17.7 Å². The van der Waals surface area contributed by atoms with E-state index in [-0.39, 0.29) is 0 Å². The van der Waals surface area contributed by atoms with Crippen LogP contribution in [0.4, 0.5) is 17.3 Å². The van der Waals surface area contributed by atoms with Gasteiger partial charge in [0.15, 0.2) is 0 Å². The zero-order valence-electron chi connectivity index (χ0n) is 13.0. The maximum absolute atomic E-state index is 5.37. The van der Waals surface area contributed by atoms with Crippen molar-refractivity contribution >= 4 is 17.3 Å². The lowest BCUT2D eigenvalue weighted by atomic mass is 10.2. The van der Waals surface area contributed by atoms with E-state index in [2.05, 4.69) is 20.6 Å². The number of rotatable bonds is 6. The Kier molecular flexibility index (Phi) is 4.42. The summed E-state index contributed by atoms with van der Waals surface area (Å²) in [5.41, 5.74) is 2.00. The van der Waals surface area contributed by atoms with Gasteiger partial charge in [-0.25, -0.2) is 9.97 Å². The summed E-state index contributed by atoms with van der Waals surface area (Å²) in [6.07, 6.45) is 3.16. The number of aromatic nitrogens is 2. The van der Waals surface area contributed by atoms with E-state index in [9.17, 15) is 0 Å². The highest BCUT2D eigenvalue weighted by atomic mass is 16.5. The summed E-state index contributed by atoms with van der Waals surface area (Å²) in [7, 11) is 1.65. The minimum Gasteiger partial charge on any atom is -0.495 e. The summed E-state index contributed by atoms with van der Waals surface area (Å²) in [5.74, 6) is 3.01. The SMILES string of the molecule is COc1ccc(C)cc1Nc1cc(NCc2ccco2)ncn1. The summed E-state index contributed by atoms with van der Waals surface area (Å²) in [5, 5.41) is 6.46. The molecular weight excluding hydrogens is 292 g/mol. The normalized spacial score (nSPS) is 10.3. The summed E-state index contributed by atoms with van der Waals surface area (Å²) in [6.45, 7) is 2.60. The van der Waals surface area contributed by atoms with Gasteiger partial charge in [0, 0.05) is 6.07 Å². The molecule has 0 aliphatic rings. The van der Waals surface area contributed by atoms with Crippen LogP contribution in [0.2, 0.25) is 0 Å². The molecule has 0 saturated carbocycles. The standard InChI is InChI=1S/C17H18N4O2/c1-12-5-6-15(22-2)14(8-12)21-17-9-16(19-11-20-17)18-10-13-4-3-7-23-13/h3-9,11H,10H2,1-2H3,(H2,18,19,20,21). The lowest BCUT2D eigenvalue weighted by Gasteiger charge is -2.12. The van der Waals surface area contributed by atoms with E-state index >= 15 is 0 Å². The lowest BCUT2D eigenvalue weighted by molar-refractivity contribution is 0.416. The third-order valence-corrected chi connectivity index (χ3v) is 3.31. The third-order valence-electron chi connectivity index (χ3n) is 3.31. The second-order valence-electron chi connectivity index (χ2n) is 5.05. The van der Waals surface area contributed by atoms with Gasteiger partial charge in [-0.05, 0) is 36.8 Å². The van der Waals surface area contributed by atoms with Crippen LogP contribution in [0.15, 0.2) is 53.4 Å². The maximum Gasteiger partial charge on any atom is 0.142 e. The lowest BCUT2D eigenvalue weighted by Crippen LogP contribution is -2.03. The first-order valence-corrected chi connectivity index (χ1v) is 7.24. The number of aryl methyl sites for hydroxylation is 1. The van der Waals surface area contributed by atoms with Gasteiger partial charge in [-0.1, -0.05) is 6.07 Å². The first kappa shape index (κ1) is 14.9. The Labute approximate surface area is 134 Å². The van der Waals surface area contributed by atoms with Gasteiger partial charge in [0.2, 0.25) is 0 Å². The second kappa shape index (κ2) is 6.83. The molecule has 0 aliphatic heterocycles. The van der Waals surface area contributed by atoms with E-state index in [1.54, 1.807) is 13.4 Å². The number of hydrogen-bond acceptors (Lipinski definition) is 6. The van der Waals surface area contributed by atoms with E-state index in [0.29, 0.717) is 18.2 Å². The molecule has 0 bridgehead atoms. The zero-order valence-corrected chi connectivity index (χ0v) is 13.0. The molecule has 2 N–H and O–H groups in total. The fraction of sp³-hybridized carbons (Fsp3) is 0.176. The highest BCUT2D eigenvalue weighted by Crippen LogP contribution is 2.28. The molecular formula is C17H18N4O2. The molecule has 3 aromatic rings. The summed E-state index contributed by atoms with van der Waals surface area (Å²) >= 11 is 0. The minimum absolute atomic E-state index is 0.567. The van der Waals surface area contributed by atoms with Crippen LogP contribution >= 0.6 is 0 Å². The minimum atomic E-state index is 0.567. The highest BCUT2D eigenvalue weighted by Gasteiger charge is 2.06. The van der Waals surface area contributed by atoms with Gasteiger partial charge in [-0.15, -0.1) is 0 Å². The van der Waals surface area contributed by atoms with Crippen LogP contribution < -0.4 is 15.4 Å². The van der Waals surface area contributed by atoms with E-state index in [4.69, 9.17) is 9.15 Å². The number of anilines is 3. The van der Waals surface area contributed by atoms with Crippen molar-refractivity contribution in [1.82, 2.24) is 9.97 Å². The molecule has 0 amide bonds. The molecule has 1 aromatic carbocycles. The number of nitrogens with zero attached hydrogens (tertiary/aromatic N) is 2. The van der Waals surface area contributed by atoms with E-state index in [1.807, 2.05) is 43.3 Å². The molecule has 23 heavy (non-hydrogen) atoms. The first-order chi connectivity index (χ1) is 11.2. The molecule has 118 valence electrons. The Morgan fingerprint density at radius 1 is 1.13 bits per heavy atom. The van der Waals surface area contributed by atoms with Crippen LogP contribution in [-0.4, -0.2) is 17.1 Å². The molecule has 0 atom stereocenters. The van der Waals surface area contributed by atoms with E-state index < -0.39 is 0 Å². The number of methoxy groups -OCH3 is 1. The zero-order chi connectivity index (χ0) is 16.1. The van der Waals surface area contributed by atoms with Crippen molar-refractivity contribution < 1.29 is 9.15 Å². The first-order valence-electron chi connectivity index (χ1n) is 7.24. The van der Waals surface area contributed by atoms with Crippen LogP contribution in [0.25, 0.3) is 0 Å². The van der Waals surface area contributed by atoms with Crippen molar-refractivity contribution in [1.29, 1.82) is 0 Å². The molecule has 2 aromatic heterocycles. The number of furan rings is 1. The molecule has 2 heterocycles. The van der Waals surface area contributed by atoms with Crippen molar-refractivity contribution in [3.63, 3.8) is 0 Å². The van der Waals surface area contributed by atoms with Crippen molar-refractivity contribution in [3.05, 3.63) is 60.3 Å².